The summed E-state index contributed by atoms with van der Waals surface area (Å²) in [6.45, 7) is 5.55. The second-order valence-corrected chi connectivity index (χ2v) is 2.53. The van der Waals surface area contributed by atoms with Crippen LogP contribution in [0, 0.1) is 0 Å². The second-order valence-electron chi connectivity index (χ2n) is 2.53. The molecule has 0 aromatic rings. The summed E-state index contributed by atoms with van der Waals surface area (Å²) in [4.78, 5) is 11.2. The van der Waals surface area contributed by atoms with Gasteiger partial charge in [0.15, 0.2) is 5.78 Å². The minimum absolute atomic E-state index is 0.00694. The number of allylic oxidation sites excluding steroid dienone is 1. The van der Waals surface area contributed by atoms with Crippen molar-refractivity contribution in [3.8, 4) is 0 Å². The molecule has 1 aliphatic heterocycles. The largest absolute Gasteiger partial charge is 0.363 e. The van der Waals surface area contributed by atoms with Crippen LogP contribution in [0.2, 0.25) is 0 Å². The third-order valence-electron chi connectivity index (χ3n) is 1.81. The Morgan fingerprint density at radius 3 is 2.20 bits per heavy atom. The van der Waals surface area contributed by atoms with Gasteiger partial charge in [-0.05, 0) is 20.8 Å². The molecule has 0 aliphatic carbocycles. The number of hydrogen-bond donors (Lipinski definition) is 0. The average molecular weight is 140 g/mol. The third-order valence-corrected chi connectivity index (χ3v) is 1.81. The molecule has 0 radical (unpaired) electrons. The Bertz CT molecular complexity index is 182. The van der Waals surface area contributed by atoms with Gasteiger partial charge in [0.1, 0.15) is 6.10 Å². The van der Waals surface area contributed by atoms with Gasteiger partial charge in [-0.1, -0.05) is 6.08 Å². The number of hydrogen-bond acceptors (Lipinski definition) is 2. The van der Waals surface area contributed by atoms with Crippen LogP contribution in [0.4, 0.5) is 0 Å². The van der Waals surface area contributed by atoms with E-state index in [0.717, 1.165) is 5.57 Å². The van der Waals surface area contributed by atoms with Gasteiger partial charge in [0, 0.05) is 5.57 Å². The van der Waals surface area contributed by atoms with E-state index in [1.807, 2.05) is 19.9 Å². The standard InChI is InChI=1S/C8H12O2/c1-4-7-5(2)10-6(3)8(7)9/h4-6H,1-3H3/b7-4-. The van der Waals surface area contributed by atoms with Crippen LogP contribution in [0.25, 0.3) is 0 Å². The lowest BCUT2D eigenvalue weighted by Gasteiger charge is -2.00. The van der Waals surface area contributed by atoms with E-state index in [9.17, 15) is 4.79 Å². The number of ether oxygens (including phenoxy) is 1. The lowest BCUT2D eigenvalue weighted by Crippen LogP contribution is -2.09. The van der Waals surface area contributed by atoms with Gasteiger partial charge in [-0.25, -0.2) is 0 Å². The number of carbonyl (C=O) groups excluding carboxylic acids is 1. The highest BCUT2D eigenvalue weighted by molar-refractivity contribution is 6.01. The molecule has 0 spiro atoms. The predicted molar refractivity (Wildman–Crippen MR) is 38.8 cm³/mol. The molecule has 10 heavy (non-hydrogen) atoms. The highest BCUT2D eigenvalue weighted by Gasteiger charge is 2.31. The molecule has 2 nitrogen and oxygen atoms in total. The Morgan fingerprint density at radius 2 is 2.00 bits per heavy atom. The molecule has 2 atom stereocenters. The first-order valence-corrected chi connectivity index (χ1v) is 3.52. The van der Waals surface area contributed by atoms with E-state index >= 15 is 0 Å². The quantitative estimate of drug-likeness (QED) is 0.474. The molecular weight excluding hydrogens is 128 g/mol. The Hall–Kier alpha value is -0.630. The molecule has 0 saturated carbocycles. The van der Waals surface area contributed by atoms with Crippen molar-refractivity contribution in [2.75, 3.05) is 0 Å². The van der Waals surface area contributed by atoms with E-state index in [2.05, 4.69) is 0 Å². The molecule has 56 valence electrons. The van der Waals surface area contributed by atoms with Crippen LogP contribution in [0.3, 0.4) is 0 Å². The van der Waals surface area contributed by atoms with Crippen LogP contribution in [-0.2, 0) is 9.53 Å². The van der Waals surface area contributed by atoms with Gasteiger partial charge in [0.25, 0.3) is 0 Å². The molecule has 0 N–H and O–H groups in total. The maximum atomic E-state index is 11.2. The van der Waals surface area contributed by atoms with E-state index in [-0.39, 0.29) is 18.0 Å². The predicted octanol–water partition coefficient (Wildman–Crippen LogP) is 1.31. The highest BCUT2D eigenvalue weighted by atomic mass is 16.5. The van der Waals surface area contributed by atoms with Crippen molar-refractivity contribution in [1.82, 2.24) is 0 Å². The number of carbonyl (C=O) groups is 1. The summed E-state index contributed by atoms with van der Waals surface area (Å²) >= 11 is 0. The van der Waals surface area contributed by atoms with Gasteiger partial charge in [0.05, 0.1) is 6.10 Å². The van der Waals surface area contributed by atoms with Crippen LogP contribution >= 0.6 is 0 Å². The fourth-order valence-corrected chi connectivity index (χ4v) is 1.25. The molecule has 2 unspecified atom stereocenters. The fourth-order valence-electron chi connectivity index (χ4n) is 1.25. The molecule has 0 aromatic heterocycles. The summed E-state index contributed by atoms with van der Waals surface area (Å²) in [5.74, 6) is 0.134. The molecule has 2 heteroatoms. The Kier molecular flexibility index (Phi) is 1.90. The third kappa shape index (κ3) is 0.991. The fraction of sp³-hybridized carbons (Fsp3) is 0.625. The lowest BCUT2D eigenvalue weighted by molar-refractivity contribution is -0.120. The number of rotatable bonds is 0. The minimum atomic E-state index is -0.235. The van der Waals surface area contributed by atoms with E-state index in [0.29, 0.717) is 0 Å². The molecule has 1 saturated heterocycles. The van der Waals surface area contributed by atoms with Gasteiger partial charge in [-0.3, -0.25) is 4.79 Å². The maximum absolute atomic E-state index is 11.2. The van der Waals surface area contributed by atoms with Gasteiger partial charge in [0.2, 0.25) is 0 Å². The second kappa shape index (κ2) is 2.54. The molecule has 0 bridgehead atoms. The SMILES string of the molecule is C/C=C1\C(=O)C(C)OC1C. The molecule has 1 aliphatic rings. The first-order chi connectivity index (χ1) is 4.66. The van der Waals surface area contributed by atoms with Crippen LogP contribution < -0.4 is 0 Å². The summed E-state index contributed by atoms with van der Waals surface area (Å²) in [5, 5.41) is 0. The van der Waals surface area contributed by atoms with Crippen LogP contribution in [0.1, 0.15) is 20.8 Å². The van der Waals surface area contributed by atoms with E-state index in [1.165, 1.54) is 0 Å². The van der Waals surface area contributed by atoms with Crippen molar-refractivity contribution >= 4 is 5.78 Å². The Labute approximate surface area is 60.9 Å². The zero-order chi connectivity index (χ0) is 7.72. The van der Waals surface area contributed by atoms with Crippen LogP contribution in [0.15, 0.2) is 11.6 Å². The van der Waals surface area contributed by atoms with Crippen molar-refractivity contribution < 1.29 is 9.53 Å². The maximum Gasteiger partial charge on any atom is 0.189 e. The first-order valence-electron chi connectivity index (χ1n) is 3.52. The monoisotopic (exact) mass is 140 g/mol. The summed E-state index contributed by atoms with van der Waals surface area (Å²) in [5.41, 5.74) is 0.813. The van der Waals surface area contributed by atoms with Gasteiger partial charge < -0.3 is 4.74 Å². The Morgan fingerprint density at radius 1 is 1.40 bits per heavy atom. The minimum Gasteiger partial charge on any atom is -0.363 e. The first kappa shape index (κ1) is 7.48. The van der Waals surface area contributed by atoms with Crippen molar-refractivity contribution in [3.05, 3.63) is 11.6 Å². The topological polar surface area (TPSA) is 26.3 Å². The Balaban J connectivity index is 2.85. The summed E-state index contributed by atoms with van der Waals surface area (Å²) < 4.78 is 5.26. The van der Waals surface area contributed by atoms with E-state index in [1.54, 1.807) is 6.92 Å². The molecule has 0 aromatic carbocycles. The van der Waals surface area contributed by atoms with E-state index in [4.69, 9.17) is 4.74 Å². The number of ketones is 1. The smallest absolute Gasteiger partial charge is 0.189 e. The molecule has 1 heterocycles. The lowest BCUT2D eigenvalue weighted by atomic mass is 10.1. The molecule has 0 amide bonds. The zero-order valence-corrected chi connectivity index (χ0v) is 6.55. The normalized spacial score (nSPS) is 37.5. The molecular formula is C8H12O2. The van der Waals surface area contributed by atoms with Crippen molar-refractivity contribution in [3.63, 3.8) is 0 Å². The van der Waals surface area contributed by atoms with Gasteiger partial charge >= 0.3 is 0 Å². The average Bonchev–Trinajstić information content (AvgIpc) is 2.09. The van der Waals surface area contributed by atoms with Crippen molar-refractivity contribution in [2.45, 2.75) is 33.0 Å². The van der Waals surface area contributed by atoms with Gasteiger partial charge in [-0.2, -0.15) is 0 Å². The van der Waals surface area contributed by atoms with Crippen LogP contribution in [0.5, 0.6) is 0 Å². The summed E-state index contributed by atoms with van der Waals surface area (Å²) in [7, 11) is 0. The van der Waals surface area contributed by atoms with Gasteiger partial charge in [-0.15, -0.1) is 0 Å². The molecule has 1 rings (SSSR count). The summed E-state index contributed by atoms with van der Waals surface area (Å²) in [6, 6.07) is 0. The molecule has 1 fully saturated rings. The zero-order valence-electron chi connectivity index (χ0n) is 6.55. The summed E-state index contributed by atoms with van der Waals surface area (Å²) in [6.07, 6.45) is 1.59. The van der Waals surface area contributed by atoms with Crippen molar-refractivity contribution in [1.29, 1.82) is 0 Å². The van der Waals surface area contributed by atoms with Crippen LogP contribution in [-0.4, -0.2) is 18.0 Å². The number of Topliss-reactive ketones (excluding diaryl/α,β-unsaturated/α-hetero) is 1. The van der Waals surface area contributed by atoms with Crippen molar-refractivity contribution in [2.24, 2.45) is 0 Å². The highest BCUT2D eigenvalue weighted by Crippen LogP contribution is 2.20. The van der Waals surface area contributed by atoms with E-state index < -0.39 is 0 Å².